The van der Waals surface area contributed by atoms with Gasteiger partial charge < -0.3 is 0 Å². The maximum Gasteiger partial charge on any atom is 0.103 e. The number of hydrogen-bond donors (Lipinski definition) is 0. The standard InChI is InChI=1S/C13H7Br2N3S/c14-8-1-2-12(17-6-8)19-11-3-4-16-10-5-9(15)7-18-13(10)11/h1-7H. The fourth-order valence-electron chi connectivity index (χ4n) is 1.60. The maximum absolute atomic E-state index is 4.43. The molecule has 3 rings (SSSR count). The van der Waals surface area contributed by atoms with E-state index >= 15 is 0 Å². The molecule has 0 unspecified atom stereocenters. The van der Waals surface area contributed by atoms with Crippen LogP contribution in [0.25, 0.3) is 11.0 Å². The molecule has 3 aromatic rings. The Hall–Kier alpha value is -0.980. The number of fused-ring (bicyclic) bond motifs is 1. The Bertz CT molecular complexity index is 732. The van der Waals surface area contributed by atoms with Crippen molar-refractivity contribution in [3.63, 3.8) is 0 Å². The number of nitrogens with zero attached hydrogens (tertiary/aromatic N) is 3. The molecule has 3 nitrogen and oxygen atoms in total. The van der Waals surface area contributed by atoms with Crippen LogP contribution < -0.4 is 0 Å². The highest BCUT2D eigenvalue weighted by molar-refractivity contribution is 9.10. The van der Waals surface area contributed by atoms with Gasteiger partial charge in [-0.1, -0.05) is 11.8 Å². The SMILES string of the molecule is Brc1ccc(Sc2ccnc3cc(Br)cnc23)nc1. The molecule has 0 atom stereocenters. The first-order valence-corrected chi connectivity index (χ1v) is 7.82. The second kappa shape index (κ2) is 5.56. The van der Waals surface area contributed by atoms with Crippen LogP contribution in [0, 0.1) is 0 Å². The number of rotatable bonds is 2. The van der Waals surface area contributed by atoms with E-state index < -0.39 is 0 Å². The van der Waals surface area contributed by atoms with Crippen molar-refractivity contribution in [3.05, 3.63) is 51.8 Å². The summed E-state index contributed by atoms with van der Waals surface area (Å²) in [6.45, 7) is 0. The van der Waals surface area contributed by atoms with Crippen molar-refractivity contribution in [1.82, 2.24) is 15.0 Å². The molecule has 0 amide bonds. The zero-order valence-corrected chi connectivity index (χ0v) is 13.5. The zero-order valence-electron chi connectivity index (χ0n) is 9.55. The number of halogens is 2. The van der Waals surface area contributed by atoms with Gasteiger partial charge in [0.05, 0.1) is 5.52 Å². The molecule has 0 radical (unpaired) electrons. The largest absolute Gasteiger partial charge is 0.254 e. The first kappa shape index (κ1) is 13.0. The van der Waals surface area contributed by atoms with E-state index in [1.54, 1.807) is 30.4 Å². The summed E-state index contributed by atoms with van der Waals surface area (Å²) in [5, 5.41) is 0.931. The van der Waals surface area contributed by atoms with Gasteiger partial charge in [0.25, 0.3) is 0 Å². The molecule has 0 aliphatic carbocycles. The van der Waals surface area contributed by atoms with Crippen LogP contribution in [0.5, 0.6) is 0 Å². The lowest BCUT2D eigenvalue weighted by Crippen LogP contribution is -1.87. The average molecular weight is 397 g/mol. The van der Waals surface area contributed by atoms with Gasteiger partial charge in [0.1, 0.15) is 10.5 Å². The van der Waals surface area contributed by atoms with Gasteiger partial charge in [0.2, 0.25) is 0 Å². The van der Waals surface area contributed by atoms with Gasteiger partial charge in [-0.25, -0.2) is 4.98 Å². The topological polar surface area (TPSA) is 38.7 Å². The van der Waals surface area contributed by atoms with E-state index in [-0.39, 0.29) is 0 Å². The Morgan fingerprint density at radius 3 is 2.53 bits per heavy atom. The van der Waals surface area contributed by atoms with Crippen LogP contribution in [0.3, 0.4) is 0 Å². The summed E-state index contributed by atoms with van der Waals surface area (Å²) >= 11 is 8.37. The highest BCUT2D eigenvalue weighted by Gasteiger charge is 2.06. The predicted octanol–water partition coefficient (Wildman–Crippen LogP) is 4.70. The van der Waals surface area contributed by atoms with Crippen molar-refractivity contribution < 1.29 is 0 Å². The van der Waals surface area contributed by atoms with Gasteiger partial charge in [-0.2, -0.15) is 0 Å². The molecule has 0 fully saturated rings. The molecule has 0 N–H and O–H groups in total. The monoisotopic (exact) mass is 395 g/mol. The molecule has 6 heteroatoms. The molecular weight excluding hydrogens is 390 g/mol. The summed E-state index contributed by atoms with van der Waals surface area (Å²) in [6.07, 6.45) is 5.36. The fourth-order valence-corrected chi connectivity index (χ4v) is 3.00. The highest BCUT2D eigenvalue weighted by atomic mass is 79.9. The van der Waals surface area contributed by atoms with Crippen molar-refractivity contribution in [1.29, 1.82) is 0 Å². The minimum Gasteiger partial charge on any atom is -0.254 e. The minimum atomic E-state index is 0.872. The third-order valence-corrected chi connectivity index (χ3v) is 4.32. The second-order valence-corrected chi connectivity index (χ2v) is 6.64. The van der Waals surface area contributed by atoms with Gasteiger partial charge in [-0.3, -0.25) is 9.97 Å². The summed E-state index contributed by atoms with van der Waals surface area (Å²) in [5.41, 5.74) is 1.76. The van der Waals surface area contributed by atoms with Crippen molar-refractivity contribution in [3.8, 4) is 0 Å². The second-order valence-electron chi connectivity index (χ2n) is 3.75. The fraction of sp³-hybridized carbons (Fsp3) is 0. The van der Waals surface area contributed by atoms with Crippen LogP contribution >= 0.6 is 43.6 Å². The Balaban J connectivity index is 2.03. The Labute approximate surface area is 131 Å². The molecule has 0 saturated carbocycles. The first-order valence-electron chi connectivity index (χ1n) is 5.42. The van der Waals surface area contributed by atoms with E-state index in [0.717, 1.165) is 29.9 Å². The van der Waals surface area contributed by atoms with Crippen LogP contribution in [0.4, 0.5) is 0 Å². The lowest BCUT2D eigenvalue weighted by molar-refractivity contribution is 1.12. The number of pyridine rings is 3. The van der Waals surface area contributed by atoms with Crippen molar-refractivity contribution in [2.24, 2.45) is 0 Å². The molecule has 0 spiro atoms. The van der Waals surface area contributed by atoms with Crippen LogP contribution in [0.2, 0.25) is 0 Å². The average Bonchev–Trinajstić information content (AvgIpc) is 2.41. The summed E-state index contributed by atoms with van der Waals surface area (Å²) in [7, 11) is 0. The summed E-state index contributed by atoms with van der Waals surface area (Å²) in [5.74, 6) is 0. The Morgan fingerprint density at radius 1 is 0.895 bits per heavy atom. The van der Waals surface area contributed by atoms with E-state index in [4.69, 9.17) is 0 Å². The van der Waals surface area contributed by atoms with Gasteiger partial charge in [-0.15, -0.1) is 0 Å². The first-order chi connectivity index (χ1) is 9.22. The van der Waals surface area contributed by atoms with E-state index in [9.17, 15) is 0 Å². The summed E-state index contributed by atoms with van der Waals surface area (Å²) < 4.78 is 1.90. The molecule has 0 aliphatic heterocycles. The smallest absolute Gasteiger partial charge is 0.103 e. The van der Waals surface area contributed by atoms with Gasteiger partial charge in [0.15, 0.2) is 0 Å². The van der Waals surface area contributed by atoms with Crippen LogP contribution in [-0.4, -0.2) is 15.0 Å². The Morgan fingerprint density at radius 2 is 1.74 bits per heavy atom. The van der Waals surface area contributed by atoms with Crippen molar-refractivity contribution in [2.75, 3.05) is 0 Å². The molecule has 94 valence electrons. The zero-order chi connectivity index (χ0) is 13.2. The third kappa shape index (κ3) is 2.96. The lowest BCUT2D eigenvalue weighted by Gasteiger charge is -2.04. The molecular formula is C13H7Br2N3S. The maximum atomic E-state index is 4.43. The van der Waals surface area contributed by atoms with E-state index in [1.807, 2.05) is 24.3 Å². The van der Waals surface area contributed by atoms with Gasteiger partial charge in [-0.05, 0) is 56.1 Å². The lowest BCUT2D eigenvalue weighted by atomic mass is 10.3. The highest BCUT2D eigenvalue weighted by Crippen LogP contribution is 2.31. The molecule has 0 aromatic carbocycles. The van der Waals surface area contributed by atoms with Crippen molar-refractivity contribution in [2.45, 2.75) is 9.92 Å². The van der Waals surface area contributed by atoms with Gasteiger partial charge in [0, 0.05) is 32.4 Å². The molecule has 0 saturated heterocycles. The normalized spacial score (nSPS) is 10.8. The molecule has 3 heterocycles. The van der Waals surface area contributed by atoms with Crippen molar-refractivity contribution >= 4 is 54.7 Å². The minimum absolute atomic E-state index is 0.872. The molecule has 0 aliphatic rings. The quantitative estimate of drug-likeness (QED) is 0.629. The van der Waals surface area contributed by atoms with Gasteiger partial charge >= 0.3 is 0 Å². The van der Waals surface area contributed by atoms with E-state index in [1.165, 1.54) is 0 Å². The number of aromatic nitrogens is 3. The molecule has 0 bridgehead atoms. The molecule has 19 heavy (non-hydrogen) atoms. The van der Waals surface area contributed by atoms with E-state index in [0.29, 0.717) is 0 Å². The van der Waals surface area contributed by atoms with Crippen LogP contribution in [0.15, 0.2) is 61.7 Å². The third-order valence-electron chi connectivity index (χ3n) is 2.42. The van der Waals surface area contributed by atoms with E-state index in [2.05, 4.69) is 46.8 Å². The molecule has 3 aromatic heterocycles. The van der Waals surface area contributed by atoms with Crippen LogP contribution in [0.1, 0.15) is 0 Å². The number of hydrogen-bond acceptors (Lipinski definition) is 4. The summed E-state index contributed by atoms with van der Waals surface area (Å²) in [6, 6.07) is 7.86. The Kier molecular flexibility index (Phi) is 3.81. The van der Waals surface area contributed by atoms with Crippen LogP contribution in [-0.2, 0) is 0 Å². The summed E-state index contributed by atoms with van der Waals surface area (Å²) in [4.78, 5) is 14.2. The predicted molar refractivity (Wildman–Crippen MR) is 83.3 cm³/mol.